The maximum absolute atomic E-state index is 13.3. The molecular formula is C19H19FN4O2. The lowest BCUT2D eigenvalue weighted by molar-refractivity contribution is -0.127. The molecule has 4 rings (SSSR count). The molecule has 0 unspecified atom stereocenters. The number of hydrogen-bond donors (Lipinski definition) is 0. The fraction of sp³-hybridized carbons (Fsp3) is 0.368. The second-order valence-corrected chi connectivity index (χ2v) is 6.90. The fourth-order valence-corrected chi connectivity index (χ4v) is 3.98. The molecule has 2 aromatic rings. The van der Waals surface area contributed by atoms with Crippen LogP contribution in [-0.2, 0) is 4.79 Å². The van der Waals surface area contributed by atoms with Crippen molar-refractivity contribution >= 4 is 17.5 Å². The normalized spacial score (nSPS) is 22.9. The van der Waals surface area contributed by atoms with Crippen LogP contribution in [-0.4, -0.2) is 46.3 Å². The van der Waals surface area contributed by atoms with Crippen molar-refractivity contribution < 1.29 is 14.0 Å². The molecule has 0 radical (unpaired) electrons. The van der Waals surface area contributed by atoms with E-state index in [1.54, 1.807) is 22.2 Å². The van der Waals surface area contributed by atoms with Gasteiger partial charge in [0.15, 0.2) is 0 Å². The Morgan fingerprint density at radius 2 is 2.08 bits per heavy atom. The van der Waals surface area contributed by atoms with Crippen LogP contribution in [0.1, 0.15) is 29.6 Å². The van der Waals surface area contributed by atoms with Crippen LogP contribution in [0, 0.1) is 11.4 Å². The molecule has 6 nitrogen and oxygen atoms in total. The SMILES string of the molecule is O=C(c1ccnc(F)c1)N1CCC[C@@]2(CCN(c3cccnc3)C2=O)C1. The number of nitrogens with zero attached hydrogens (tertiary/aromatic N) is 4. The lowest BCUT2D eigenvalue weighted by atomic mass is 9.78. The first-order valence-corrected chi connectivity index (χ1v) is 8.72. The molecule has 2 fully saturated rings. The zero-order valence-electron chi connectivity index (χ0n) is 14.3. The molecule has 134 valence electrons. The average molecular weight is 354 g/mol. The minimum absolute atomic E-state index is 0.0453. The number of carbonyl (C=O) groups excluding carboxylic acids is 2. The summed E-state index contributed by atoms with van der Waals surface area (Å²) in [7, 11) is 0. The van der Waals surface area contributed by atoms with E-state index in [9.17, 15) is 14.0 Å². The Hall–Kier alpha value is -2.83. The Kier molecular flexibility index (Phi) is 4.14. The number of hydrogen-bond acceptors (Lipinski definition) is 4. The van der Waals surface area contributed by atoms with E-state index in [2.05, 4.69) is 9.97 Å². The minimum atomic E-state index is -0.678. The lowest BCUT2D eigenvalue weighted by Gasteiger charge is -2.39. The molecular weight excluding hydrogens is 335 g/mol. The Labute approximate surface area is 150 Å². The van der Waals surface area contributed by atoms with Crippen molar-refractivity contribution in [3.05, 3.63) is 54.4 Å². The van der Waals surface area contributed by atoms with Gasteiger partial charge in [0.1, 0.15) is 0 Å². The number of pyridine rings is 2. The molecule has 2 amide bonds. The quantitative estimate of drug-likeness (QED) is 0.776. The van der Waals surface area contributed by atoms with Crippen molar-refractivity contribution in [2.24, 2.45) is 5.41 Å². The molecule has 2 aromatic heterocycles. The van der Waals surface area contributed by atoms with Crippen LogP contribution in [0.2, 0.25) is 0 Å². The monoisotopic (exact) mass is 354 g/mol. The van der Waals surface area contributed by atoms with Gasteiger partial charge in [0, 0.05) is 43.7 Å². The number of aromatic nitrogens is 2. The third-order valence-electron chi connectivity index (χ3n) is 5.31. The highest BCUT2D eigenvalue weighted by Crippen LogP contribution is 2.42. The highest BCUT2D eigenvalue weighted by molar-refractivity contribution is 6.01. The summed E-state index contributed by atoms with van der Waals surface area (Å²) >= 11 is 0. The van der Waals surface area contributed by atoms with Crippen LogP contribution >= 0.6 is 0 Å². The Morgan fingerprint density at radius 3 is 2.85 bits per heavy atom. The third-order valence-corrected chi connectivity index (χ3v) is 5.31. The number of halogens is 1. The summed E-state index contributed by atoms with van der Waals surface area (Å²) in [6.45, 7) is 1.56. The van der Waals surface area contributed by atoms with E-state index in [-0.39, 0.29) is 17.4 Å². The summed E-state index contributed by atoms with van der Waals surface area (Å²) in [6.07, 6.45) is 6.86. The van der Waals surface area contributed by atoms with Gasteiger partial charge in [-0.3, -0.25) is 14.6 Å². The van der Waals surface area contributed by atoms with Gasteiger partial charge in [0.05, 0.1) is 17.3 Å². The number of carbonyl (C=O) groups is 2. The van der Waals surface area contributed by atoms with E-state index in [0.717, 1.165) is 24.6 Å². The Balaban J connectivity index is 1.55. The number of amides is 2. The molecule has 0 bridgehead atoms. The predicted octanol–water partition coefficient (Wildman–Crippen LogP) is 2.28. The van der Waals surface area contributed by atoms with Crippen LogP contribution in [0.25, 0.3) is 0 Å². The molecule has 0 saturated carbocycles. The maximum Gasteiger partial charge on any atom is 0.254 e. The first-order chi connectivity index (χ1) is 12.6. The van der Waals surface area contributed by atoms with Crippen LogP contribution in [0.3, 0.4) is 0 Å². The molecule has 1 spiro atoms. The zero-order chi connectivity index (χ0) is 18.1. The van der Waals surface area contributed by atoms with Crippen molar-refractivity contribution in [3.63, 3.8) is 0 Å². The van der Waals surface area contributed by atoms with E-state index < -0.39 is 11.4 Å². The highest BCUT2D eigenvalue weighted by Gasteiger charge is 2.50. The van der Waals surface area contributed by atoms with Gasteiger partial charge < -0.3 is 9.80 Å². The van der Waals surface area contributed by atoms with Gasteiger partial charge in [-0.1, -0.05) is 0 Å². The van der Waals surface area contributed by atoms with Crippen LogP contribution in [0.4, 0.5) is 10.1 Å². The summed E-state index contributed by atoms with van der Waals surface area (Å²) < 4.78 is 13.3. The molecule has 0 N–H and O–H groups in total. The number of piperidine rings is 1. The highest BCUT2D eigenvalue weighted by atomic mass is 19.1. The largest absolute Gasteiger partial charge is 0.338 e. The van der Waals surface area contributed by atoms with Crippen molar-refractivity contribution in [2.45, 2.75) is 19.3 Å². The summed E-state index contributed by atoms with van der Waals surface area (Å²) in [4.78, 5) is 36.9. The summed E-state index contributed by atoms with van der Waals surface area (Å²) in [6, 6.07) is 6.32. The smallest absolute Gasteiger partial charge is 0.254 e. The second kappa shape index (κ2) is 6.48. The van der Waals surface area contributed by atoms with E-state index in [1.807, 2.05) is 12.1 Å². The zero-order valence-corrected chi connectivity index (χ0v) is 14.3. The predicted molar refractivity (Wildman–Crippen MR) is 93.0 cm³/mol. The Morgan fingerprint density at radius 1 is 1.19 bits per heavy atom. The van der Waals surface area contributed by atoms with E-state index >= 15 is 0 Å². The van der Waals surface area contributed by atoms with E-state index in [0.29, 0.717) is 26.1 Å². The molecule has 4 heterocycles. The lowest BCUT2D eigenvalue weighted by Crippen LogP contribution is -2.50. The van der Waals surface area contributed by atoms with Gasteiger partial charge in [-0.05, 0) is 37.5 Å². The Bertz CT molecular complexity index is 844. The molecule has 2 aliphatic rings. The van der Waals surface area contributed by atoms with Gasteiger partial charge in [0.2, 0.25) is 11.9 Å². The molecule has 2 saturated heterocycles. The first-order valence-electron chi connectivity index (χ1n) is 8.72. The average Bonchev–Trinajstić information content (AvgIpc) is 2.98. The molecule has 0 aromatic carbocycles. The second-order valence-electron chi connectivity index (χ2n) is 6.90. The van der Waals surface area contributed by atoms with Gasteiger partial charge in [-0.2, -0.15) is 4.39 Å². The fourth-order valence-electron chi connectivity index (χ4n) is 3.98. The van der Waals surface area contributed by atoms with Gasteiger partial charge in [-0.25, -0.2) is 4.98 Å². The maximum atomic E-state index is 13.3. The molecule has 1 atom stereocenters. The van der Waals surface area contributed by atoms with Gasteiger partial charge >= 0.3 is 0 Å². The van der Waals surface area contributed by atoms with Crippen molar-refractivity contribution in [1.82, 2.24) is 14.9 Å². The summed E-state index contributed by atoms with van der Waals surface area (Å²) in [5.41, 5.74) is 0.494. The number of rotatable bonds is 2. The van der Waals surface area contributed by atoms with E-state index in [1.165, 1.54) is 12.3 Å². The molecule has 0 aliphatic carbocycles. The summed E-state index contributed by atoms with van der Waals surface area (Å²) in [5, 5.41) is 0. The standard InChI is InChI=1S/C19H19FN4O2/c20-16-11-14(4-8-22-16)17(25)23-9-2-5-19(13-23)6-10-24(18(19)26)15-3-1-7-21-12-15/h1,3-4,7-8,11-12H,2,5-6,9-10,13H2/t19-/m1/s1. The van der Waals surface area contributed by atoms with Gasteiger partial charge in [0.25, 0.3) is 5.91 Å². The third kappa shape index (κ3) is 2.83. The molecule has 2 aliphatic heterocycles. The number of anilines is 1. The minimum Gasteiger partial charge on any atom is -0.338 e. The van der Waals surface area contributed by atoms with Crippen LogP contribution in [0.5, 0.6) is 0 Å². The summed E-state index contributed by atoms with van der Waals surface area (Å²) in [5.74, 6) is -0.885. The first kappa shape index (κ1) is 16.6. The molecule has 26 heavy (non-hydrogen) atoms. The number of likely N-dealkylation sites (tertiary alicyclic amines) is 1. The van der Waals surface area contributed by atoms with Crippen LogP contribution < -0.4 is 4.90 Å². The molecule has 7 heteroatoms. The van der Waals surface area contributed by atoms with Crippen molar-refractivity contribution in [3.8, 4) is 0 Å². The van der Waals surface area contributed by atoms with E-state index in [4.69, 9.17) is 0 Å². The van der Waals surface area contributed by atoms with Crippen LogP contribution in [0.15, 0.2) is 42.9 Å². The van der Waals surface area contributed by atoms with Gasteiger partial charge in [-0.15, -0.1) is 0 Å². The van der Waals surface area contributed by atoms with Crippen molar-refractivity contribution in [1.29, 1.82) is 0 Å². The topological polar surface area (TPSA) is 66.4 Å². The van der Waals surface area contributed by atoms with Crippen molar-refractivity contribution in [2.75, 3.05) is 24.5 Å².